The number of hydrogen-bond donors (Lipinski definition) is 1. The van der Waals surface area contributed by atoms with Gasteiger partial charge in [0.05, 0.1) is 18.5 Å². The number of aromatic amines is 1. The maximum atomic E-state index is 13.4. The molecule has 0 bridgehead atoms. The number of carbonyl (C=O) groups excluding carboxylic acids is 1. The lowest BCUT2D eigenvalue weighted by molar-refractivity contribution is 0.0522. The van der Waals surface area contributed by atoms with E-state index in [1.807, 2.05) is 0 Å². The van der Waals surface area contributed by atoms with Gasteiger partial charge in [-0.05, 0) is 32.0 Å². The van der Waals surface area contributed by atoms with Crippen LogP contribution in [0.25, 0.3) is 0 Å². The highest BCUT2D eigenvalue weighted by Crippen LogP contribution is 2.25. The Hall–Kier alpha value is -2.42. The molecule has 124 valence electrons. The fourth-order valence-electron chi connectivity index (χ4n) is 2.06. The minimum absolute atomic E-state index is 0.0487. The number of nitrogens with one attached hydrogen (secondary N) is 1. The quantitative estimate of drug-likeness (QED) is 0.811. The second-order valence-electron chi connectivity index (χ2n) is 4.48. The van der Waals surface area contributed by atoms with E-state index in [-0.39, 0.29) is 29.4 Å². The summed E-state index contributed by atoms with van der Waals surface area (Å²) in [4.78, 5) is 11.8. The Balaban J connectivity index is 2.49. The van der Waals surface area contributed by atoms with Crippen molar-refractivity contribution in [2.45, 2.75) is 18.9 Å². The minimum Gasteiger partial charge on any atom is -0.462 e. The summed E-state index contributed by atoms with van der Waals surface area (Å²) in [5, 5.41) is 5.54. The fourth-order valence-corrected chi connectivity index (χ4v) is 3.59. The summed E-state index contributed by atoms with van der Waals surface area (Å²) in [7, 11) is -4.12. The van der Waals surface area contributed by atoms with Crippen molar-refractivity contribution >= 4 is 21.7 Å². The number of rotatable bonds is 6. The molecule has 1 aromatic heterocycles. The molecule has 0 amide bonds. The average Bonchev–Trinajstić information content (AvgIpc) is 2.98. The largest absolute Gasteiger partial charge is 0.462 e. The Morgan fingerprint density at radius 1 is 1.39 bits per heavy atom. The number of carbonyl (C=O) groups is 1. The summed E-state index contributed by atoms with van der Waals surface area (Å²) in [6.45, 7) is 3.36. The monoisotopic (exact) mass is 341 g/mol. The van der Waals surface area contributed by atoms with Crippen LogP contribution < -0.4 is 4.31 Å². The normalized spacial score (nSPS) is 11.3. The first-order valence-electron chi connectivity index (χ1n) is 6.90. The van der Waals surface area contributed by atoms with Crippen LogP contribution in [0.1, 0.15) is 24.2 Å². The maximum Gasteiger partial charge on any atom is 0.342 e. The third kappa shape index (κ3) is 3.34. The zero-order chi connectivity index (χ0) is 17.0. The number of ether oxygens (including phenoxy) is 1. The van der Waals surface area contributed by atoms with E-state index in [4.69, 9.17) is 4.74 Å². The van der Waals surface area contributed by atoms with Gasteiger partial charge in [-0.3, -0.25) is 9.40 Å². The van der Waals surface area contributed by atoms with Crippen LogP contribution in [-0.4, -0.2) is 37.7 Å². The molecular weight excluding hydrogens is 325 g/mol. The van der Waals surface area contributed by atoms with Crippen molar-refractivity contribution in [3.8, 4) is 0 Å². The first-order valence-corrected chi connectivity index (χ1v) is 8.34. The molecule has 0 atom stereocenters. The average molecular weight is 341 g/mol. The molecule has 9 heteroatoms. The number of aromatic nitrogens is 2. The molecule has 0 saturated carbocycles. The number of halogens is 1. The van der Waals surface area contributed by atoms with E-state index in [9.17, 15) is 17.6 Å². The van der Waals surface area contributed by atoms with Crippen LogP contribution in [0.5, 0.6) is 0 Å². The van der Waals surface area contributed by atoms with Gasteiger partial charge in [0.15, 0.2) is 5.03 Å². The van der Waals surface area contributed by atoms with Gasteiger partial charge < -0.3 is 4.74 Å². The highest BCUT2D eigenvalue weighted by Gasteiger charge is 2.31. The standard InChI is InChI=1S/C14H16FN3O4S/c1-3-18(11-7-5-6-10(15)8-11)23(20,21)13-12(9-16-17-13)14(19)22-4-2/h5-9H,3-4H2,1-2H3,(H,16,17). The molecule has 0 aliphatic rings. The molecule has 0 fully saturated rings. The molecular formula is C14H16FN3O4S. The number of nitrogens with zero attached hydrogens (tertiary/aromatic N) is 2. The third-order valence-corrected chi connectivity index (χ3v) is 4.91. The molecule has 23 heavy (non-hydrogen) atoms. The van der Waals surface area contributed by atoms with Gasteiger partial charge in [-0.2, -0.15) is 13.5 Å². The van der Waals surface area contributed by atoms with Gasteiger partial charge >= 0.3 is 5.97 Å². The van der Waals surface area contributed by atoms with Crippen LogP contribution in [0.15, 0.2) is 35.5 Å². The zero-order valence-electron chi connectivity index (χ0n) is 12.6. The van der Waals surface area contributed by atoms with E-state index in [2.05, 4.69) is 10.2 Å². The molecule has 0 saturated heterocycles. The molecule has 1 heterocycles. The summed E-state index contributed by atoms with van der Waals surface area (Å²) in [6.07, 6.45) is 1.09. The zero-order valence-corrected chi connectivity index (χ0v) is 13.4. The lowest BCUT2D eigenvalue weighted by Gasteiger charge is -2.22. The number of sulfonamides is 1. The predicted octanol–water partition coefficient (Wildman–Crippen LogP) is 1.94. The van der Waals surface area contributed by atoms with Crippen molar-refractivity contribution in [2.75, 3.05) is 17.5 Å². The molecule has 2 rings (SSSR count). The van der Waals surface area contributed by atoms with Crippen molar-refractivity contribution in [2.24, 2.45) is 0 Å². The third-order valence-electron chi connectivity index (χ3n) is 3.03. The minimum atomic E-state index is -4.12. The van der Waals surface area contributed by atoms with Crippen molar-refractivity contribution in [1.29, 1.82) is 0 Å². The maximum absolute atomic E-state index is 13.4. The van der Waals surface area contributed by atoms with E-state index < -0.39 is 21.8 Å². The summed E-state index contributed by atoms with van der Waals surface area (Å²) < 4.78 is 44.8. The molecule has 0 aliphatic heterocycles. The van der Waals surface area contributed by atoms with Gasteiger partial charge in [0.1, 0.15) is 11.4 Å². The van der Waals surface area contributed by atoms with Gasteiger partial charge in [0, 0.05) is 6.54 Å². The van der Waals surface area contributed by atoms with Crippen LogP contribution in [0.3, 0.4) is 0 Å². The van der Waals surface area contributed by atoms with Crippen LogP contribution >= 0.6 is 0 Å². The van der Waals surface area contributed by atoms with Crippen molar-refractivity contribution in [1.82, 2.24) is 10.2 Å². The fraction of sp³-hybridized carbons (Fsp3) is 0.286. The van der Waals surface area contributed by atoms with Gasteiger partial charge in [0.25, 0.3) is 10.0 Å². The van der Waals surface area contributed by atoms with Crippen molar-refractivity contribution in [3.63, 3.8) is 0 Å². The number of benzene rings is 1. The number of esters is 1. The van der Waals surface area contributed by atoms with E-state index in [1.165, 1.54) is 18.2 Å². The molecule has 2 aromatic rings. The molecule has 7 nitrogen and oxygen atoms in total. The number of H-pyrrole nitrogens is 1. The Morgan fingerprint density at radius 2 is 2.13 bits per heavy atom. The Bertz CT molecular complexity index is 804. The predicted molar refractivity (Wildman–Crippen MR) is 81.2 cm³/mol. The first kappa shape index (κ1) is 16.9. The van der Waals surface area contributed by atoms with Crippen molar-refractivity contribution in [3.05, 3.63) is 41.8 Å². The van der Waals surface area contributed by atoms with Crippen LogP contribution in [0.2, 0.25) is 0 Å². The lowest BCUT2D eigenvalue weighted by Crippen LogP contribution is -2.32. The smallest absolute Gasteiger partial charge is 0.342 e. The van der Waals surface area contributed by atoms with E-state index in [0.717, 1.165) is 16.6 Å². The van der Waals surface area contributed by atoms with E-state index in [0.29, 0.717) is 0 Å². The van der Waals surface area contributed by atoms with Gasteiger partial charge in [-0.1, -0.05) is 6.07 Å². The second-order valence-corrected chi connectivity index (χ2v) is 6.28. The summed E-state index contributed by atoms with van der Waals surface area (Å²) in [6, 6.07) is 5.18. The number of anilines is 1. The Morgan fingerprint density at radius 3 is 2.74 bits per heavy atom. The first-order chi connectivity index (χ1) is 10.9. The van der Waals surface area contributed by atoms with Gasteiger partial charge in [-0.15, -0.1) is 0 Å². The van der Waals surface area contributed by atoms with Crippen LogP contribution in [-0.2, 0) is 14.8 Å². The van der Waals surface area contributed by atoms with E-state index >= 15 is 0 Å². The molecule has 0 radical (unpaired) electrons. The highest BCUT2D eigenvalue weighted by molar-refractivity contribution is 7.92. The van der Waals surface area contributed by atoms with Crippen LogP contribution in [0, 0.1) is 5.82 Å². The lowest BCUT2D eigenvalue weighted by atomic mass is 10.3. The van der Waals surface area contributed by atoms with Crippen molar-refractivity contribution < 1.29 is 22.3 Å². The SMILES string of the molecule is CCOC(=O)c1cn[nH]c1S(=O)(=O)N(CC)c1cccc(F)c1. The topological polar surface area (TPSA) is 92.4 Å². The van der Waals surface area contributed by atoms with Gasteiger partial charge in [0.2, 0.25) is 0 Å². The molecule has 0 unspecified atom stereocenters. The molecule has 1 aromatic carbocycles. The Labute approximate surface area is 133 Å². The molecule has 1 N–H and O–H groups in total. The van der Waals surface area contributed by atoms with Crippen LogP contribution in [0.4, 0.5) is 10.1 Å². The second kappa shape index (κ2) is 6.78. The summed E-state index contributed by atoms with van der Waals surface area (Å²) in [5.74, 6) is -1.36. The summed E-state index contributed by atoms with van der Waals surface area (Å²) in [5.41, 5.74) is -0.0430. The summed E-state index contributed by atoms with van der Waals surface area (Å²) >= 11 is 0. The molecule has 0 aliphatic carbocycles. The molecule has 0 spiro atoms. The number of hydrogen-bond acceptors (Lipinski definition) is 5. The van der Waals surface area contributed by atoms with Gasteiger partial charge in [-0.25, -0.2) is 9.18 Å². The Kier molecular flexibility index (Phi) is 4.99. The highest BCUT2D eigenvalue weighted by atomic mass is 32.2. The van der Waals surface area contributed by atoms with E-state index in [1.54, 1.807) is 13.8 Å².